The van der Waals surface area contributed by atoms with E-state index in [-0.39, 0.29) is 6.61 Å². The van der Waals surface area contributed by atoms with E-state index in [9.17, 15) is 9.59 Å². The molecule has 19 heavy (non-hydrogen) atoms. The number of carboxylic acid groups (broad SMARTS) is 1. The Morgan fingerprint density at radius 3 is 2.37 bits per heavy atom. The van der Waals surface area contributed by atoms with Crippen molar-refractivity contribution in [3.8, 4) is 0 Å². The summed E-state index contributed by atoms with van der Waals surface area (Å²) < 4.78 is 14.3. The van der Waals surface area contributed by atoms with E-state index in [1.54, 1.807) is 0 Å². The Hall–Kier alpha value is -2.50. The third kappa shape index (κ3) is 2.67. The van der Waals surface area contributed by atoms with Crippen LogP contribution in [0, 0.1) is 0 Å². The number of ether oxygens (including phenoxy) is 3. The summed E-state index contributed by atoms with van der Waals surface area (Å²) in [6.07, 6.45) is 2.47. The molecule has 1 aliphatic rings. The van der Waals surface area contributed by atoms with Gasteiger partial charge in [-0.05, 0) is 5.56 Å². The van der Waals surface area contributed by atoms with E-state index in [1.807, 2.05) is 30.3 Å². The van der Waals surface area contributed by atoms with Gasteiger partial charge in [-0.3, -0.25) is 0 Å². The molecule has 100 valence electrons. The van der Waals surface area contributed by atoms with Gasteiger partial charge >= 0.3 is 17.7 Å². The zero-order chi connectivity index (χ0) is 13.7. The number of esters is 1. The molecule has 6 heteroatoms. The van der Waals surface area contributed by atoms with Gasteiger partial charge in [0.15, 0.2) is 0 Å². The van der Waals surface area contributed by atoms with Gasteiger partial charge in [0.25, 0.3) is 0 Å². The van der Waals surface area contributed by atoms with Crippen LogP contribution in [0.2, 0.25) is 0 Å². The summed E-state index contributed by atoms with van der Waals surface area (Å²) in [5.41, 5.74) is 0.978. The van der Waals surface area contributed by atoms with Crippen LogP contribution < -0.4 is 0 Å². The lowest BCUT2D eigenvalue weighted by Crippen LogP contribution is -2.49. The van der Waals surface area contributed by atoms with Crippen molar-refractivity contribution in [1.29, 1.82) is 0 Å². The van der Waals surface area contributed by atoms with Gasteiger partial charge in [0.1, 0.15) is 12.5 Å². The van der Waals surface area contributed by atoms with Gasteiger partial charge in [0, 0.05) is 6.42 Å². The Labute approximate surface area is 109 Å². The van der Waals surface area contributed by atoms with Crippen LogP contribution in [-0.2, 0) is 30.2 Å². The molecular weight excluding hydrogens is 252 g/mol. The van der Waals surface area contributed by atoms with E-state index in [0.29, 0.717) is 6.42 Å². The molecule has 0 aliphatic carbocycles. The minimum atomic E-state index is -2.41. The molecule has 1 aromatic carbocycles. The Morgan fingerprint density at radius 1 is 1.16 bits per heavy atom. The second-order valence-electron chi connectivity index (χ2n) is 3.80. The highest BCUT2D eigenvalue weighted by atomic mass is 16.8. The van der Waals surface area contributed by atoms with Gasteiger partial charge in [-0.1, -0.05) is 30.3 Å². The highest BCUT2D eigenvalue weighted by molar-refractivity contribution is 6.01. The number of hydrogen-bond donors (Lipinski definition) is 1. The maximum atomic E-state index is 11.7. The second kappa shape index (κ2) is 5.43. The number of carboxylic acids is 1. The number of carbonyl (C=O) groups excluding carboxylic acids is 1. The molecule has 2 rings (SSSR count). The monoisotopic (exact) mass is 264 g/mol. The third-order valence-corrected chi connectivity index (χ3v) is 2.54. The second-order valence-corrected chi connectivity index (χ2v) is 3.80. The molecule has 0 fully saturated rings. The van der Waals surface area contributed by atoms with Crippen molar-refractivity contribution < 1.29 is 28.9 Å². The van der Waals surface area contributed by atoms with Crippen LogP contribution in [-0.4, -0.2) is 29.4 Å². The Morgan fingerprint density at radius 2 is 1.79 bits per heavy atom. The lowest BCUT2D eigenvalue weighted by atomic mass is 10.2. The minimum Gasteiger partial charge on any atom is -0.475 e. The molecule has 0 unspecified atom stereocenters. The molecule has 0 radical (unpaired) electrons. The number of benzene rings is 1. The first-order valence-electron chi connectivity index (χ1n) is 5.60. The lowest BCUT2D eigenvalue weighted by molar-refractivity contribution is -0.213. The molecular formula is C13H12O6. The van der Waals surface area contributed by atoms with Crippen LogP contribution in [0.25, 0.3) is 0 Å². The van der Waals surface area contributed by atoms with E-state index in [2.05, 4.69) is 9.47 Å². The summed E-state index contributed by atoms with van der Waals surface area (Å²) in [6, 6.07) is 9.36. The van der Waals surface area contributed by atoms with Crippen LogP contribution in [0.3, 0.4) is 0 Å². The SMILES string of the molecule is O=C(O)C1(C(=O)OCCc2ccccc2)OC=CO1. The predicted octanol–water partition coefficient (Wildman–Crippen LogP) is 1.07. The summed E-state index contributed by atoms with van der Waals surface area (Å²) in [4.78, 5) is 22.7. The summed E-state index contributed by atoms with van der Waals surface area (Å²) in [5, 5.41) is 8.96. The van der Waals surface area contributed by atoms with Crippen molar-refractivity contribution in [2.24, 2.45) is 0 Å². The average molecular weight is 264 g/mol. The van der Waals surface area contributed by atoms with E-state index >= 15 is 0 Å². The quantitative estimate of drug-likeness (QED) is 0.632. The van der Waals surface area contributed by atoms with Gasteiger partial charge in [-0.2, -0.15) is 0 Å². The van der Waals surface area contributed by atoms with E-state index in [4.69, 9.17) is 9.84 Å². The molecule has 0 bridgehead atoms. The predicted molar refractivity (Wildman–Crippen MR) is 62.8 cm³/mol. The topological polar surface area (TPSA) is 82.1 Å². The van der Waals surface area contributed by atoms with Crippen LogP contribution in [0.5, 0.6) is 0 Å². The van der Waals surface area contributed by atoms with Crippen LogP contribution in [0.1, 0.15) is 5.56 Å². The van der Waals surface area contributed by atoms with Crippen molar-refractivity contribution in [2.45, 2.75) is 12.2 Å². The van der Waals surface area contributed by atoms with E-state index < -0.39 is 17.7 Å². The number of aliphatic carboxylic acids is 1. The number of rotatable bonds is 5. The number of hydrogen-bond acceptors (Lipinski definition) is 5. The fraction of sp³-hybridized carbons (Fsp3) is 0.231. The highest BCUT2D eigenvalue weighted by Crippen LogP contribution is 2.22. The minimum absolute atomic E-state index is 0.0462. The molecule has 1 aliphatic heterocycles. The van der Waals surface area contributed by atoms with E-state index in [0.717, 1.165) is 18.1 Å². The molecule has 1 aromatic rings. The maximum absolute atomic E-state index is 11.7. The van der Waals surface area contributed by atoms with Crippen molar-refractivity contribution in [3.05, 3.63) is 48.4 Å². The molecule has 0 spiro atoms. The fourth-order valence-corrected chi connectivity index (χ4v) is 1.56. The van der Waals surface area contributed by atoms with Crippen LogP contribution >= 0.6 is 0 Å². The summed E-state index contributed by atoms with van der Waals surface area (Å²) in [7, 11) is 0. The smallest absolute Gasteiger partial charge is 0.452 e. The normalized spacial score (nSPS) is 15.4. The highest BCUT2D eigenvalue weighted by Gasteiger charge is 2.55. The van der Waals surface area contributed by atoms with Crippen molar-refractivity contribution in [1.82, 2.24) is 0 Å². The average Bonchev–Trinajstić information content (AvgIpc) is 2.90. The Kier molecular flexibility index (Phi) is 3.70. The molecule has 1 N–H and O–H groups in total. The molecule has 0 saturated heterocycles. The Balaban J connectivity index is 1.89. The largest absolute Gasteiger partial charge is 0.475 e. The maximum Gasteiger partial charge on any atom is 0.452 e. The van der Waals surface area contributed by atoms with Crippen molar-refractivity contribution >= 4 is 11.9 Å². The zero-order valence-corrected chi connectivity index (χ0v) is 9.94. The standard InChI is InChI=1S/C13H12O6/c14-11(15)13(18-8-9-19-13)12(16)17-7-6-10-4-2-1-3-5-10/h1-5,8-9H,6-7H2,(H,14,15). The summed E-state index contributed by atoms with van der Waals surface area (Å²) >= 11 is 0. The fourth-order valence-electron chi connectivity index (χ4n) is 1.56. The van der Waals surface area contributed by atoms with Gasteiger partial charge in [-0.15, -0.1) is 0 Å². The Bertz CT molecular complexity index is 485. The molecule has 6 nitrogen and oxygen atoms in total. The zero-order valence-electron chi connectivity index (χ0n) is 9.94. The molecule has 0 aromatic heterocycles. The molecule has 0 amide bonds. The summed E-state index contributed by atoms with van der Waals surface area (Å²) in [6.45, 7) is 0.0462. The first-order valence-corrected chi connectivity index (χ1v) is 5.60. The van der Waals surface area contributed by atoms with Crippen LogP contribution in [0.4, 0.5) is 0 Å². The molecule has 0 saturated carbocycles. The van der Waals surface area contributed by atoms with Gasteiger partial charge in [0.05, 0.1) is 6.61 Å². The lowest BCUT2D eigenvalue weighted by Gasteiger charge is -2.20. The summed E-state index contributed by atoms with van der Waals surface area (Å²) in [5.74, 6) is -5.04. The molecule has 0 atom stereocenters. The van der Waals surface area contributed by atoms with Crippen molar-refractivity contribution in [2.75, 3.05) is 6.61 Å². The van der Waals surface area contributed by atoms with E-state index in [1.165, 1.54) is 0 Å². The van der Waals surface area contributed by atoms with Gasteiger partial charge in [0.2, 0.25) is 0 Å². The first-order chi connectivity index (χ1) is 9.15. The van der Waals surface area contributed by atoms with Crippen molar-refractivity contribution in [3.63, 3.8) is 0 Å². The number of carbonyl (C=O) groups is 2. The van der Waals surface area contributed by atoms with Crippen LogP contribution in [0.15, 0.2) is 42.9 Å². The first kappa shape index (κ1) is 12.9. The third-order valence-electron chi connectivity index (χ3n) is 2.54. The molecule has 1 heterocycles. The van der Waals surface area contributed by atoms with Gasteiger partial charge in [-0.25, -0.2) is 9.59 Å². The van der Waals surface area contributed by atoms with Gasteiger partial charge < -0.3 is 19.3 Å².